The summed E-state index contributed by atoms with van der Waals surface area (Å²) in [7, 11) is 1.52. The average Bonchev–Trinajstić information content (AvgIpc) is 2.71. The van der Waals surface area contributed by atoms with Gasteiger partial charge in [-0.3, -0.25) is 9.78 Å². The molecule has 0 bridgehead atoms. The monoisotopic (exact) mass is 450 g/mol. The first-order valence-electron chi connectivity index (χ1n) is 9.20. The number of carbonyl (C=O) groups is 2. The van der Waals surface area contributed by atoms with E-state index in [1.807, 2.05) is 18.2 Å². The van der Waals surface area contributed by atoms with Crippen LogP contribution in [0.25, 0.3) is 10.8 Å². The van der Waals surface area contributed by atoms with Gasteiger partial charge in [-0.2, -0.15) is 13.2 Å². The van der Waals surface area contributed by atoms with Gasteiger partial charge in [0.15, 0.2) is 0 Å². The zero-order valence-corrected chi connectivity index (χ0v) is 17.1. The van der Waals surface area contributed by atoms with Crippen molar-refractivity contribution >= 4 is 40.0 Å². The Balaban J connectivity index is 1.62. The minimum absolute atomic E-state index is 0.197. The van der Waals surface area contributed by atoms with Crippen LogP contribution in [0.1, 0.15) is 21.6 Å². The summed E-state index contributed by atoms with van der Waals surface area (Å²) in [5.74, 6) is -0.283. The van der Waals surface area contributed by atoms with Gasteiger partial charge in [-0.1, -0.05) is 29.8 Å². The minimum Gasteiger partial charge on any atom is -0.354 e. The molecule has 2 aromatic carbocycles. The second-order valence-corrected chi connectivity index (χ2v) is 7.03. The van der Waals surface area contributed by atoms with Crippen LogP contribution in [0.4, 0.5) is 23.7 Å². The van der Waals surface area contributed by atoms with Crippen molar-refractivity contribution < 1.29 is 22.8 Å². The number of nitrogens with zero attached hydrogens (tertiary/aromatic N) is 1. The summed E-state index contributed by atoms with van der Waals surface area (Å²) >= 11 is 5.65. The molecule has 1 heterocycles. The van der Waals surface area contributed by atoms with Gasteiger partial charge in [0.1, 0.15) is 5.69 Å². The molecule has 3 amide bonds. The fourth-order valence-electron chi connectivity index (χ4n) is 3.00. The van der Waals surface area contributed by atoms with Crippen molar-refractivity contribution in [2.45, 2.75) is 12.6 Å². The van der Waals surface area contributed by atoms with E-state index in [0.717, 1.165) is 28.5 Å². The van der Waals surface area contributed by atoms with Crippen molar-refractivity contribution in [1.29, 1.82) is 0 Å². The Bertz CT molecular complexity index is 1140. The Kier molecular flexibility index (Phi) is 6.65. The number of hydrogen-bond donors (Lipinski definition) is 3. The Morgan fingerprint density at radius 2 is 1.87 bits per heavy atom. The van der Waals surface area contributed by atoms with Crippen LogP contribution in [-0.4, -0.2) is 30.5 Å². The number of aromatic nitrogens is 1. The van der Waals surface area contributed by atoms with Crippen molar-refractivity contribution in [1.82, 2.24) is 15.6 Å². The lowest BCUT2D eigenvalue weighted by atomic mass is 10.1. The van der Waals surface area contributed by atoms with Crippen LogP contribution in [0.3, 0.4) is 0 Å². The molecule has 162 valence electrons. The molecule has 3 N–H and O–H groups in total. The van der Waals surface area contributed by atoms with E-state index in [1.54, 1.807) is 12.3 Å². The minimum atomic E-state index is -4.70. The molecule has 0 aliphatic carbocycles. The molecule has 1 aromatic heterocycles. The van der Waals surface area contributed by atoms with Crippen LogP contribution in [-0.2, 0) is 12.6 Å². The lowest BCUT2D eigenvalue weighted by Crippen LogP contribution is -2.31. The van der Waals surface area contributed by atoms with E-state index in [-0.39, 0.29) is 12.5 Å². The average molecular weight is 451 g/mol. The summed E-state index contributed by atoms with van der Waals surface area (Å²) in [6.45, 7) is 0.197. The van der Waals surface area contributed by atoms with Gasteiger partial charge < -0.3 is 16.0 Å². The van der Waals surface area contributed by atoms with E-state index >= 15 is 0 Å². The number of halogens is 4. The van der Waals surface area contributed by atoms with E-state index in [0.29, 0.717) is 12.1 Å². The van der Waals surface area contributed by atoms with Crippen LogP contribution in [0.5, 0.6) is 0 Å². The van der Waals surface area contributed by atoms with E-state index in [1.165, 1.54) is 13.1 Å². The number of pyridine rings is 1. The van der Waals surface area contributed by atoms with Gasteiger partial charge in [0.25, 0.3) is 5.91 Å². The van der Waals surface area contributed by atoms with Gasteiger partial charge in [0.2, 0.25) is 0 Å². The van der Waals surface area contributed by atoms with E-state index in [2.05, 4.69) is 20.9 Å². The molecule has 6 nitrogen and oxygen atoms in total. The molecule has 31 heavy (non-hydrogen) atoms. The van der Waals surface area contributed by atoms with Crippen LogP contribution in [0.15, 0.2) is 48.7 Å². The van der Waals surface area contributed by atoms with Crippen LogP contribution >= 0.6 is 11.6 Å². The summed E-state index contributed by atoms with van der Waals surface area (Å²) in [5, 5.41) is 8.40. The third-order valence-electron chi connectivity index (χ3n) is 4.49. The van der Waals surface area contributed by atoms with Crippen molar-refractivity contribution in [3.05, 3.63) is 70.5 Å². The van der Waals surface area contributed by atoms with Gasteiger partial charge in [0, 0.05) is 25.2 Å². The number of alkyl halides is 3. The highest BCUT2D eigenvalue weighted by molar-refractivity contribution is 6.32. The maximum Gasteiger partial charge on any atom is 0.419 e. The topological polar surface area (TPSA) is 83.1 Å². The highest BCUT2D eigenvalue weighted by Crippen LogP contribution is 2.39. The number of fused-ring (bicyclic) bond motifs is 1. The predicted molar refractivity (Wildman–Crippen MR) is 112 cm³/mol. The first kappa shape index (κ1) is 22.4. The second kappa shape index (κ2) is 9.22. The van der Waals surface area contributed by atoms with Crippen molar-refractivity contribution in [2.75, 3.05) is 18.9 Å². The Labute approximate surface area is 180 Å². The molecule has 0 atom stereocenters. The summed E-state index contributed by atoms with van der Waals surface area (Å²) in [4.78, 5) is 27.8. The van der Waals surface area contributed by atoms with Gasteiger partial charge in [-0.25, -0.2) is 4.79 Å². The summed E-state index contributed by atoms with van der Waals surface area (Å²) in [6.07, 6.45) is -2.67. The normalized spacial score (nSPS) is 11.3. The number of urea groups is 1. The zero-order valence-electron chi connectivity index (χ0n) is 16.3. The van der Waals surface area contributed by atoms with Crippen molar-refractivity contribution in [3.63, 3.8) is 0 Å². The number of amides is 3. The highest BCUT2D eigenvalue weighted by atomic mass is 35.5. The number of hydrogen-bond acceptors (Lipinski definition) is 3. The first-order chi connectivity index (χ1) is 14.7. The second-order valence-electron chi connectivity index (χ2n) is 6.62. The number of benzene rings is 2. The quantitative estimate of drug-likeness (QED) is 0.530. The Morgan fingerprint density at radius 1 is 1.10 bits per heavy atom. The summed E-state index contributed by atoms with van der Waals surface area (Å²) in [6, 6.07) is 10.0. The standard InChI is InChI=1S/C21H18ClF3N4O2/c1-26-19(30)17-10-13-6-5-12(9-14(13)11-28-17)7-8-27-20(31)29-16-4-2-3-15(22)18(16)21(23,24)25/h2-6,9-11H,7-8H2,1H3,(H,26,30)(H2,27,29,31). The van der Waals surface area contributed by atoms with Gasteiger partial charge >= 0.3 is 12.2 Å². The van der Waals surface area contributed by atoms with Crippen molar-refractivity contribution in [3.8, 4) is 0 Å². The van der Waals surface area contributed by atoms with Crippen molar-refractivity contribution in [2.24, 2.45) is 0 Å². The lowest BCUT2D eigenvalue weighted by Gasteiger charge is -2.15. The van der Waals surface area contributed by atoms with E-state index < -0.39 is 28.5 Å². The van der Waals surface area contributed by atoms with Crippen LogP contribution in [0, 0.1) is 0 Å². The van der Waals surface area contributed by atoms with Crippen LogP contribution < -0.4 is 16.0 Å². The van der Waals surface area contributed by atoms with E-state index in [4.69, 9.17) is 11.6 Å². The molecule has 0 aliphatic heterocycles. The predicted octanol–water partition coefficient (Wildman–Crippen LogP) is 4.63. The van der Waals surface area contributed by atoms with Gasteiger partial charge in [-0.05, 0) is 41.6 Å². The van der Waals surface area contributed by atoms with Gasteiger partial charge in [0.05, 0.1) is 16.3 Å². The number of anilines is 1. The summed E-state index contributed by atoms with van der Waals surface area (Å²) < 4.78 is 39.5. The maximum atomic E-state index is 13.2. The number of nitrogens with one attached hydrogen (secondary N) is 3. The van der Waals surface area contributed by atoms with Crippen LogP contribution in [0.2, 0.25) is 5.02 Å². The fraction of sp³-hybridized carbons (Fsp3) is 0.190. The Morgan fingerprint density at radius 3 is 2.58 bits per heavy atom. The molecule has 0 unspecified atom stereocenters. The highest BCUT2D eigenvalue weighted by Gasteiger charge is 2.36. The third-order valence-corrected chi connectivity index (χ3v) is 4.81. The fourth-order valence-corrected chi connectivity index (χ4v) is 3.28. The molecular weight excluding hydrogens is 433 g/mol. The molecule has 0 aliphatic rings. The first-order valence-corrected chi connectivity index (χ1v) is 9.58. The number of rotatable bonds is 5. The molecule has 0 saturated carbocycles. The third kappa shape index (κ3) is 5.43. The largest absolute Gasteiger partial charge is 0.419 e. The maximum absolute atomic E-state index is 13.2. The Hall–Kier alpha value is -3.33. The summed E-state index contributed by atoms with van der Waals surface area (Å²) in [5.41, 5.74) is -0.312. The zero-order chi connectivity index (χ0) is 22.6. The molecule has 3 aromatic rings. The van der Waals surface area contributed by atoms with Gasteiger partial charge in [-0.15, -0.1) is 0 Å². The lowest BCUT2D eigenvalue weighted by molar-refractivity contribution is -0.136. The molecule has 0 saturated heterocycles. The smallest absolute Gasteiger partial charge is 0.354 e. The molecular formula is C21H18ClF3N4O2. The molecule has 0 spiro atoms. The molecule has 0 radical (unpaired) electrons. The molecule has 10 heteroatoms. The SMILES string of the molecule is CNC(=O)c1cc2ccc(CCNC(=O)Nc3cccc(Cl)c3C(F)(F)F)cc2cn1. The molecule has 0 fully saturated rings. The van der Waals surface area contributed by atoms with E-state index in [9.17, 15) is 22.8 Å². The molecule has 3 rings (SSSR count). The number of carbonyl (C=O) groups excluding carboxylic acids is 2.